The summed E-state index contributed by atoms with van der Waals surface area (Å²) in [5.74, 6) is -1.37. The molecule has 1 saturated heterocycles. The van der Waals surface area contributed by atoms with Gasteiger partial charge in [-0.2, -0.15) is 4.99 Å². The summed E-state index contributed by atoms with van der Waals surface area (Å²) in [7, 11) is 1.26. The van der Waals surface area contributed by atoms with Crippen LogP contribution in [-0.2, 0) is 9.53 Å². The van der Waals surface area contributed by atoms with Gasteiger partial charge in [0.25, 0.3) is 11.6 Å². The molecule has 2 heterocycles. The summed E-state index contributed by atoms with van der Waals surface area (Å²) >= 11 is 1.20. The molecule has 0 aliphatic carbocycles. The Hall–Kier alpha value is -2.59. The van der Waals surface area contributed by atoms with Crippen molar-refractivity contribution in [2.24, 2.45) is 4.99 Å². The zero-order chi connectivity index (χ0) is 18.0. The number of amides is 1. The van der Waals surface area contributed by atoms with E-state index in [0.717, 1.165) is 6.07 Å². The number of morpholine rings is 1. The molecule has 1 aromatic carbocycles. The maximum Gasteiger partial charge on any atom is 0.286 e. The SMILES string of the molecule is COc1cc(/C=C2/SC(N3CCOCC3)=NC2=O)cc([N+](=O)[O-])c1[O-]. The fraction of sp³-hybridized carbons (Fsp3) is 0.333. The first-order valence-electron chi connectivity index (χ1n) is 7.38. The highest BCUT2D eigenvalue weighted by atomic mass is 32.2. The van der Waals surface area contributed by atoms with E-state index < -0.39 is 22.3 Å². The zero-order valence-corrected chi connectivity index (χ0v) is 14.1. The van der Waals surface area contributed by atoms with Crippen LogP contribution < -0.4 is 9.84 Å². The van der Waals surface area contributed by atoms with Crippen LogP contribution in [0.2, 0.25) is 0 Å². The van der Waals surface area contributed by atoms with Gasteiger partial charge in [0, 0.05) is 24.9 Å². The Balaban J connectivity index is 1.87. The van der Waals surface area contributed by atoms with Crippen LogP contribution in [0.1, 0.15) is 5.56 Å². The molecule has 0 unspecified atom stereocenters. The van der Waals surface area contributed by atoms with Crippen molar-refractivity contribution in [2.45, 2.75) is 0 Å². The highest BCUT2D eigenvalue weighted by Crippen LogP contribution is 2.37. The molecule has 1 amide bonds. The average molecular weight is 364 g/mol. The minimum Gasteiger partial charge on any atom is -0.865 e. The minimum atomic E-state index is -0.801. The van der Waals surface area contributed by atoms with Crippen molar-refractivity contribution >= 4 is 34.6 Å². The number of nitrogens with zero attached hydrogens (tertiary/aromatic N) is 3. The first-order chi connectivity index (χ1) is 12.0. The Morgan fingerprint density at radius 1 is 1.40 bits per heavy atom. The number of benzene rings is 1. The van der Waals surface area contributed by atoms with Gasteiger partial charge in [0.2, 0.25) is 0 Å². The van der Waals surface area contributed by atoms with E-state index in [0.29, 0.717) is 41.9 Å². The molecule has 0 N–H and O–H groups in total. The largest absolute Gasteiger partial charge is 0.865 e. The van der Waals surface area contributed by atoms with Crippen molar-refractivity contribution in [1.82, 2.24) is 4.90 Å². The summed E-state index contributed by atoms with van der Waals surface area (Å²) in [5, 5.41) is 23.5. The van der Waals surface area contributed by atoms with Crippen molar-refractivity contribution in [3.8, 4) is 11.5 Å². The summed E-state index contributed by atoms with van der Waals surface area (Å²) in [4.78, 5) is 28.7. The molecule has 3 rings (SSSR count). The van der Waals surface area contributed by atoms with Crippen LogP contribution >= 0.6 is 11.8 Å². The number of nitro benzene ring substituents is 1. The van der Waals surface area contributed by atoms with Crippen molar-refractivity contribution in [1.29, 1.82) is 0 Å². The van der Waals surface area contributed by atoms with Crippen LogP contribution in [0.4, 0.5) is 5.69 Å². The summed E-state index contributed by atoms with van der Waals surface area (Å²) in [5.41, 5.74) is -0.270. The summed E-state index contributed by atoms with van der Waals surface area (Å²) in [6, 6.07) is 2.49. The van der Waals surface area contributed by atoms with Crippen LogP contribution in [0.15, 0.2) is 22.0 Å². The quantitative estimate of drug-likeness (QED) is 0.442. The molecule has 2 aliphatic heterocycles. The Morgan fingerprint density at radius 2 is 2.12 bits per heavy atom. The summed E-state index contributed by atoms with van der Waals surface area (Å²) < 4.78 is 10.2. The second-order valence-electron chi connectivity index (χ2n) is 5.24. The maximum absolute atomic E-state index is 12.1. The summed E-state index contributed by atoms with van der Waals surface area (Å²) in [6.07, 6.45) is 1.47. The second-order valence-corrected chi connectivity index (χ2v) is 6.25. The van der Waals surface area contributed by atoms with Gasteiger partial charge in [-0.15, -0.1) is 0 Å². The molecule has 0 saturated carbocycles. The van der Waals surface area contributed by atoms with Crippen LogP contribution in [0.5, 0.6) is 11.5 Å². The first-order valence-corrected chi connectivity index (χ1v) is 8.20. The number of carbonyl (C=O) groups excluding carboxylic acids is 1. The third-order valence-electron chi connectivity index (χ3n) is 3.66. The highest BCUT2D eigenvalue weighted by molar-refractivity contribution is 8.18. The van der Waals surface area contributed by atoms with Gasteiger partial charge in [-0.05, 0) is 29.5 Å². The molecule has 25 heavy (non-hydrogen) atoms. The van der Waals surface area contributed by atoms with Gasteiger partial charge in [0.15, 0.2) is 5.17 Å². The lowest BCUT2D eigenvalue weighted by atomic mass is 10.1. The first kappa shape index (κ1) is 17.2. The number of hydrogen-bond donors (Lipinski definition) is 0. The minimum absolute atomic E-state index is 0.147. The van der Waals surface area contributed by atoms with Gasteiger partial charge in [-0.3, -0.25) is 14.9 Å². The fourth-order valence-corrected chi connectivity index (χ4v) is 3.38. The van der Waals surface area contributed by atoms with Gasteiger partial charge >= 0.3 is 0 Å². The van der Waals surface area contributed by atoms with E-state index in [-0.39, 0.29) is 5.75 Å². The van der Waals surface area contributed by atoms with Crippen LogP contribution in [-0.4, -0.2) is 54.3 Å². The van der Waals surface area contributed by atoms with E-state index in [1.54, 1.807) is 0 Å². The van der Waals surface area contributed by atoms with Crippen molar-refractivity contribution in [3.05, 3.63) is 32.7 Å². The molecule has 0 aromatic heterocycles. The molecular weight excluding hydrogens is 350 g/mol. The normalized spacial score (nSPS) is 19.2. The zero-order valence-electron chi connectivity index (χ0n) is 13.3. The van der Waals surface area contributed by atoms with Gasteiger partial charge < -0.3 is 19.5 Å². The van der Waals surface area contributed by atoms with E-state index in [9.17, 15) is 20.0 Å². The van der Waals surface area contributed by atoms with Crippen LogP contribution in [0.25, 0.3) is 6.08 Å². The number of nitro groups is 1. The molecular formula is C15H14N3O6S-. The number of ether oxygens (including phenoxy) is 2. The summed E-state index contributed by atoms with van der Waals surface area (Å²) in [6.45, 7) is 2.44. The molecule has 0 spiro atoms. The monoisotopic (exact) mass is 364 g/mol. The second kappa shape index (κ2) is 7.11. The number of rotatable bonds is 3. The van der Waals surface area contributed by atoms with E-state index in [1.807, 2.05) is 4.90 Å². The lowest BCUT2D eigenvalue weighted by Gasteiger charge is -2.27. The molecule has 132 valence electrons. The van der Waals surface area contributed by atoms with E-state index >= 15 is 0 Å². The van der Waals surface area contributed by atoms with Gasteiger partial charge in [0.1, 0.15) is 5.75 Å². The van der Waals surface area contributed by atoms with Crippen molar-refractivity contribution in [3.63, 3.8) is 0 Å². The van der Waals surface area contributed by atoms with E-state index in [1.165, 1.54) is 31.0 Å². The maximum atomic E-state index is 12.1. The number of amidine groups is 1. The Morgan fingerprint density at radius 3 is 2.76 bits per heavy atom. The van der Waals surface area contributed by atoms with E-state index in [4.69, 9.17) is 9.47 Å². The number of carbonyl (C=O) groups is 1. The van der Waals surface area contributed by atoms with Gasteiger partial charge in [-0.25, -0.2) is 0 Å². The molecule has 10 heteroatoms. The number of thioether (sulfide) groups is 1. The highest BCUT2D eigenvalue weighted by Gasteiger charge is 2.27. The molecule has 2 aliphatic rings. The Kier molecular flexibility index (Phi) is 4.91. The molecule has 0 radical (unpaired) electrons. The fourth-order valence-electron chi connectivity index (χ4n) is 2.42. The predicted octanol–water partition coefficient (Wildman–Crippen LogP) is 0.979. The molecule has 1 aromatic rings. The standard InChI is InChI=1S/C15H15N3O6S/c1-23-11-7-9(6-10(13(11)19)18(21)22)8-12-14(20)16-15(25-12)17-2-4-24-5-3-17/h6-8,19H,2-5H2,1H3/p-1/b12-8+. The third kappa shape index (κ3) is 3.59. The molecule has 0 atom stereocenters. The topological polar surface area (TPSA) is 117 Å². The Bertz CT molecular complexity index is 786. The van der Waals surface area contributed by atoms with Crippen molar-refractivity contribution in [2.75, 3.05) is 33.4 Å². The third-order valence-corrected chi connectivity index (χ3v) is 4.71. The lowest BCUT2D eigenvalue weighted by Crippen LogP contribution is -2.38. The lowest BCUT2D eigenvalue weighted by molar-refractivity contribution is -0.398. The average Bonchev–Trinajstić information content (AvgIpc) is 2.97. The predicted molar refractivity (Wildman–Crippen MR) is 89.5 cm³/mol. The molecule has 0 bridgehead atoms. The van der Waals surface area contributed by atoms with Crippen molar-refractivity contribution < 1.29 is 24.3 Å². The van der Waals surface area contributed by atoms with Gasteiger partial charge in [-0.1, -0.05) is 0 Å². The van der Waals surface area contributed by atoms with E-state index in [2.05, 4.69) is 4.99 Å². The molecule has 1 fully saturated rings. The smallest absolute Gasteiger partial charge is 0.286 e. The molecule has 9 nitrogen and oxygen atoms in total. The van der Waals surface area contributed by atoms with Crippen LogP contribution in [0, 0.1) is 10.1 Å². The Labute approximate surface area is 147 Å². The number of aliphatic imine (C=N–C) groups is 1. The number of hydrogen-bond acceptors (Lipinski definition) is 8. The van der Waals surface area contributed by atoms with Gasteiger partial charge in [0.05, 0.1) is 30.2 Å². The van der Waals surface area contributed by atoms with Crippen LogP contribution in [0.3, 0.4) is 0 Å². The number of methoxy groups -OCH3 is 1.